The first-order valence-corrected chi connectivity index (χ1v) is 6.33. The molecule has 98 valence electrons. The molecule has 0 aromatic rings. The Balaban J connectivity index is 1.84. The minimum absolute atomic E-state index is 0.00685. The molecule has 2 fully saturated rings. The summed E-state index contributed by atoms with van der Waals surface area (Å²) in [5.74, 6) is -2.66. The van der Waals surface area contributed by atoms with E-state index in [2.05, 4.69) is 0 Å². The van der Waals surface area contributed by atoms with Crippen LogP contribution < -0.4 is 0 Å². The maximum absolute atomic E-state index is 13.0. The molecule has 0 radical (unpaired) electrons. The van der Waals surface area contributed by atoms with Crippen LogP contribution in [0.3, 0.4) is 0 Å². The van der Waals surface area contributed by atoms with Crippen LogP contribution in [0.5, 0.6) is 0 Å². The van der Waals surface area contributed by atoms with E-state index in [-0.39, 0.29) is 43.9 Å². The monoisotopic (exact) mass is 247 g/mol. The molecule has 1 saturated heterocycles. The van der Waals surface area contributed by atoms with Crippen LogP contribution in [-0.2, 0) is 4.79 Å². The lowest BCUT2D eigenvalue weighted by molar-refractivity contribution is -0.143. The van der Waals surface area contributed by atoms with E-state index in [1.54, 1.807) is 4.90 Å². The van der Waals surface area contributed by atoms with Gasteiger partial charge in [-0.05, 0) is 25.7 Å². The van der Waals surface area contributed by atoms with Crippen LogP contribution in [0.1, 0.15) is 38.5 Å². The Hall–Kier alpha value is -0.710. The quantitative estimate of drug-likeness (QED) is 0.767. The number of likely N-dealkylation sites (tertiary alicyclic amines) is 1. The lowest BCUT2D eigenvalue weighted by atomic mass is 9.86. The highest BCUT2D eigenvalue weighted by atomic mass is 19.3. The van der Waals surface area contributed by atoms with Gasteiger partial charge in [-0.25, -0.2) is 8.78 Å². The minimum Gasteiger partial charge on any atom is -0.393 e. The summed E-state index contributed by atoms with van der Waals surface area (Å²) in [5, 5.41) is 9.36. The van der Waals surface area contributed by atoms with Gasteiger partial charge < -0.3 is 10.0 Å². The molecular formula is C12H19F2NO2. The van der Waals surface area contributed by atoms with Crippen LogP contribution in [0.25, 0.3) is 0 Å². The van der Waals surface area contributed by atoms with E-state index in [9.17, 15) is 18.7 Å². The number of rotatable bonds is 1. The fourth-order valence-corrected chi connectivity index (χ4v) is 2.64. The second kappa shape index (κ2) is 4.88. The van der Waals surface area contributed by atoms with Crippen LogP contribution in [-0.4, -0.2) is 41.0 Å². The fourth-order valence-electron chi connectivity index (χ4n) is 2.64. The number of carbonyl (C=O) groups excluding carboxylic acids is 1. The molecule has 0 aromatic carbocycles. The summed E-state index contributed by atoms with van der Waals surface area (Å²) in [6.45, 7) is 0.343. The molecule has 0 spiro atoms. The highest BCUT2D eigenvalue weighted by Gasteiger charge is 2.37. The van der Waals surface area contributed by atoms with E-state index in [4.69, 9.17) is 0 Å². The number of amides is 1. The van der Waals surface area contributed by atoms with Crippen molar-refractivity contribution >= 4 is 5.91 Å². The van der Waals surface area contributed by atoms with E-state index in [1.165, 1.54) is 0 Å². The number of carbonyl (C=O) groups is 1. The summed E-state index contributed by atoms with van der Waals surface area (Å²) in [7, 11) is 0. The van der Waals surface area contributed by atoms with Gasteiger partial charge in [0.05, 0.1) is 6.10 Å². The van der Waals surface area contributed by atoms with Crippen LogP contribution in [0.15, 0.2) is 0 Å². The third-order valence-electron chi connectivity index (χ3n) is 3.85. The van der Waals surface area contributed by atoms with Crippen LogP contribution in [0.4, 0.5) is 8.78 Å². The number of piperidine rings is 1. The molecule has 0 aromatic heterocycles. The van der Waals surface area contributed by atoms with Crippen molar-refractivity contribution in [2.24, 2.45) is 5.92 Å². The first-order chi connectivity index (χ1) is 7.98. The summed E-state index contributed by atoms with van der Waals surface area (Å²) < 4.78 is 25.9. The first kappa shape index (κ1) is 12.7. The predicted molar refractivity (Wildman–Crippen MR) is 58.7 cm³/mol. The molecule has 1 N–H and O–H groups in total. The maximum Gasteiger partial charge on any atom is 0.251 e. The molecule has 1 amide bonds. The molecule has 0 bridgehead atoms. The molecule has 1 saturated carbocycles. The molecule has 0 atom stereocenters. The average Bonchev–Trinajstić information content (AvgIpc) is 2.29. The third kappa shape index (κ3) is 3.15. The SMILES string of the molecule is O=C(C1CCC(O)CC1)N1CCC(F)(F)CC1. The lowest BCUT2D eigenvalue weighted by Gasteiger charge is -2.35. The highest BCUT2D eigenvalue weighted by molar-refractivity contribution is 5.79. The maximum atomic E-state index is 13.0. The third-order valence-corrected chi connectivity index (χ3v) is 3.85. The van der Waals surface area contributed by atoms with Crippen LogP contribution in [0, 0.1) is 5.92 Å². The zero-order chi connectivity index (χ0) is 12.5. The number of aliphatic hydroxyl groups is 1. The van der Waals surface area contributed by atoms with Crippen molar-refractivity contribution in [2.75, 3.05) is 13.1 Å². The first-order valence-electron chi connectivity index (χ1n) is 6.33. The summed E-state index contributed by atoms with van der Waals surface area (Å²) in [6.07, 6.45) is 1.97. The van der Waals surface area contributed by atoms with Gasteiger partial charge in [-0.2, -0.15) is 0 Å². The van der Waals surface area contributed by atoms with Gasteiger partial charge >= 0.3 is 0 Å². The summed E-state index contributed by atoms with van der Waals surface area (Å²) in [6, 6.07) is 0. The molecule has 2 aliphatic rings. The van der Waals surface area contributed by atoms with Crippen molar-refractivity contribution in [1.82, 2.24) is 4.90 Å². The minimum atomic E-state index is -2.60. The van der Waals surface area contributed by atoms with Crippen LogP contribution in [0.2, 0.25) is 0 Å². The van der Waals surface area contributed by atoms with Crippen LogP contribution >= 0.6 is 0 Å². The number of alkyl halides is 2. The van der Waals surface area contributed by atoms with E-state index in [0.717, 1.165) is 0 Å². The Bertz CT molecular complexity index is 278. The zero-order valence-corrected chi connectivity index (χ0v) is 9.87. The Labute approximate surface area is 99.8 Å². The van der Waals surface area contributed by atoms with Gasteiger partial charge in [0.25, 0.3) is 5.92 Å². The zero-order valence-electron chi connectivity index (χ0n) is 9.87. The molecule has 1 heterocycles. The highest BCUT2D eigenvalue weighted by Crippen LogP contribution is 2.31. The van der Waals surface area contributed by atoms with Gasteiger partial charge in [-0.1, -0.05) is 0 Å². The van der Waals surface area contributed by atoms with Gasteiger partial charge in [-0.15, -0.1) is 0 Å². The number of hydrogen-bond acceptors (Lipinski definition) is 2. The Morgan fingerprint density at radius 3 is 2.18 bits per heavy atom. The number of nitrogens with zero attached hydrogens (tertiary/aromatic N) is 1. The molecule has 0 unspecified atom stereocenters. The van der Waals surface area contributed by atoms with Crippen molar-refractivity contribution in [1.29, 1.82) is 0 Å². The Kier molecular flexibility index (Phi) is 3.66. The molecule has 1 aliphatic heterocycles. The van der Waals surface area contributed by atoms with E-state index in [1.807, 2.05) is 0 Å². The second-order valence-corrected chi connectivity index (χ2v) is 5.19. The number of hydrogen-bond donors (Lipinski definition) is 1. The largest absolute Gasteiger partial charge is 0.393 e. The van der Waals surface area contributed by atoms with Gasteiger partial charge in [0.1, 0.15) is 0 Å². The van der Waals surface area contributed by atoms with Crippen molar-refractivity contribution < 1.29 is 18.7 Å². The number of halogens is 2. The average molecular weight is 247 g/mol. The predicted octanol–water partition coefficient (Wildman–Crippen LogP) is 1.80. The summed E-state index contributed by atoms with van der Waals surface area (Å²) in [4.78, 5) is 13.6. The van der Waals surface area contributed by atoms with Gasteiger partial charge in [0.2, 0.25) is 5.91 Å². The summed E-state index contributed by atoms with van der Waals surface area (Å²) >= 11 is 0. The molecule has 3 nitrogen and oxygen atoms in total. The number of aliphatic hydroxyl groups excluding tert-OH is 1. The standard InChI is InChI=1S/C12H19F2NO2/c13-12(14)5-7-15(8-6-12)11(17)9-1-3-10(16)4-2-9/h9-10,16H,1-8H2. The smallest absolute Gasteiger partial charge is 0.251 e. The fraction of sp³-hybridized carbons (Fsp3) is 0.917. The topological polar surface area (TPSA) is 40.5 Å². The van der Waals surface area contributed by atoms with Crippen molar-refractivity contribution in [3.63, 3.8) is 0 Å². The van der Waals surface area contributed by atoms with Crippen molar-refractivity contribution in [3.05, 3.63) is 0 Å². The Morgan fingerprint density at radius 1 is 1.12 bits per heavy atom. The molecule has 2 rings (SSSR count). The van der Waals surface area contributed by atoms with E-state index < -0.39 is 5.92 Å². The lowest BCUT2D eigenvalue weighted by Crippen LogP contribution is -2.45. The van der Waals surface area contributed by atoms with E-state index in [0.29, 0.717) is 25.7 Å². The second-order valence-electron chi connectivity index (χ2n) is 5.19. The van der Waals surface area contributed by atoms with Gasteiger partial charge in [0, 0.05) is 31.8 Å². The van der Waals surface area contributed by atoms with Crippen molar-refractivity contribution in [2.45, 2.75) is 50.6 Å². The molecule has 5 heteroatoms. The Morgan fingerprint density at radius 2 is 1.65 bits per heavy atom. The van der Waals surface area contributed by atoms with Gasteiger partial charge in [-0.3, -0.25) is 4.79 Å². The van der Waals surface area contributed by atoms with E-state index >= 15 is 0 Å². The normalized spacial score (nSPS) is 33.5. The molecule has 17 heavy (non-hydrogen) atoms. The summed E-state index contributed by atoms with van der Waals surface area (Å²) in [5.41, 5.74) is 0. The van der Waals surface area contributed by atoms with Gasteiger partial charge in [0.15, 0.2) is 0 Å². The molecular weight excluding hydrogens is 228 g/mol. The van der Waals surface area contributed by atoms with Crippen molar-refractivity contribution in [3.8, 4) is 0 Å². The molecule has 1 aliphatic carbocycles.